The standard InChI is InChI=1S/C24H21F3N2O5/c1-16-7-8-18(33-23(31)21-6-3-13-32-21)15-20(16)28-9-11-29(12-10-28)22(30)17-4-2-5-19(14-17)34-24(25,26)27/h2-8,13-15H,9-12H2,1H3. The van der Waals surface area contributed by atoms with Gasteiger partial charge >= 0.3 is 12.3 Å². The van der Waals surface area contributed by atoms with Crippen molar-refractivity contribution in [3.63, 3.8) is 0 Å². The Balaban J connectivity index is 1.40. The maximum atomic E-state index is 12.8. The topological polar surface area (TPSA) is 72.2 Å². The summed E-state index contributed by atoms with van der Waals surface area (Å²) >= 11 is 0. The van der Waals surface area contributed by atoms with Crippen LogP contribution in [-0.2, 0) is 0 Å². The van der Waals surface area contributed by atoms with Gasteiger partial charge in [0, 0.05) is 43.5 Å². The Morgan fingerprint density at radius 3 is 2.38 bits per heavy atom. The summed E-state index contributed by atoms with van der Waals surface area (Å²) in [5, 5.41) is 0. The molecule has 1 aromatic heterocycles. The highest BCUT2D eigenvalue weighted by Gasteiger charge is 2.31. The monoisotopic (exact) mass is 474 g/mol. The largest absolute Gasteiger partial charge is 0.573 e. The molecule has 1 aliphatic rings. The number of piperazine rings is 1. The Morgan fingerprint density at radius 1 is 0.941 bits per heavy atom. The third-order valence-electron chi connectivity index (χ3n) is 5.34. The fraction of sp³-hybridized carbons (Fsp3) is 0.250. The maximum Gasteiger partial charge on any atom is 0.573 e. The molecule has 0 bridgehead atoms. The summed E-state index contributed by atoms with van der Waals surface area (Å²) in [5.41, 5.74) is 1.95. The van der Waals surface area contributed by atoms with Crippen LogP contribution in [0.4, 0.5) is 18.9 Å². The number of carbonyl (C=O) groups is 2. The zero-order valence-corrected chi connectivity index (χ0v) is 18.2. The summed E-state index contributed by atoms with van der Waals surface area (Å²) in [6, 6.07) is 13.4. The first-order chi connectivity index (χ1) is 16.2. The predicted molar refractivity (Wildman–Crippen MR) is 116 cm³/mol. The highest BCUT2D eigenvalue weighted by atomic mass is 19.4. The normalized spacial score (nSPS) is 14.1. The first-order valence-corrected chi connectivity index (χ1v) is 10.5. The summed E-state index contributed by atoms with van der Waals surface area (Å²) in [6.45, 7) is 3.68. The Hall–Kier alpha value is -3.95. The fourth-order valence-electron chi connectivity index (χ4n) is 3.70. The number of ether oxygens (including phenoxy) is 2. The third-order valence-corrected chi connectivity index (χ3v) is 5.34. The molecule has 0 radical (unpaired) electrons. The number of aryl methyl sites for hydroxylation is 1. The molecular weight excluding hydrogens is 453 g/mol. The lowest BCUT2D eigenvalue weighted by molar-refractivity contribution is -0.274. The van der Waals surface area contributed by atoms with E-state index in [1.165, 1.54) is 24.5 Å². The van der Waals surface area contributed by atoms with Crippen LogP contribution in [0.1, 0.15) is 26.5 Å². The van der Waals surface area contributed by atoms with Crippen LogP contribution in [0, 0.1) is 6.92 Å². The molecule has 2 aromatic carbocycles. The van der Waals surface area contributed by atoms with Crippen molar-refractivity contribution in [1.82, 2.24) is 4.90 Å². The number of alkyl halides is 3. The van der Waals surface area contributed by atoms with Gasteiger partial charge in [0.2, 0.25) is 5.76 Å². The summed E-state index contributed by atoms with van der Waals surface area (Å²) in [6.07, 6.45) is -3.44. The molecule has 0 N–H and O–H groups in total. The van der Waals surface area contributed by atoms with Crippen molar-refractivity contribution in [3.8, 4) is 11.5 Å². The number of anilines is 1. The SMILES string of the molecule is Cc1ccc(OC(=O)c2ccco2)cc1N1CCN(C(=O)c2cccc(OC(F)(F)F)c2)CC1. The van der Waals surface area contributed by atoms with Crippen molar-refractivity contribution >= 4 is 17.6 Å². The molecule has 0 atom stereocenters. The van der Waals surface area contributed by atoms with Gasteiger partial charge in [0.15, 0.2) is 0 Å². The van der Waals surface area contributed by atoms with Crippen LogP contribution in [-0.4, -0.2) is 49.3 Å². The minimum atomic E-state index is -4.83. The number of benzene rings is 2. The minimum absolute atomic E-state index is 0.0963. The van der Waals surface area contributed by atoms with Gasteiger partial charge in [-0.15, -0.1) is 13.2 Å². The Morgan fingerprint density at radius 2 is 1.71 bits per heavy atom. The summed E-state index contributed by atoms with van der Waals surface area (Å²) in [7, 11) is 0. The van der Waals surface area contributed by atoms with Crippen molar-refractivity contribution < 1.29 is 36.7 Å². The number of nitrogens with zero attached hydrogens (tertiary/aromatic N) is 2. The molecular formula is C24H21F3N2O5. The highest BCUT2D eigenvalue weighted by Crippen LogP contribution is 2.28. The van der Waals surface area contributed by atoms with Gasteiger partial charge in [-0.05, 0) is 48.9 Å². The molecule has 0 saturated carbocycles. The van der Waals surface area contributed by atoms with Crippen LogP contribution in [0.5, 0.6) is 11.5 Å². The second-order valence-electron chi connectivity index (χ2n) is 7.67. The van der Waals surface area contributed by atoms with E-state index in [4.69, 9.17) is 9.15 Å². The zero-order chi connectivity index (χ0) is 24.3. The van der Waals surface area contributed by atoms with Crippen LogP contribution in [0.15, 0.2) is 65.3 Å². The Kier molecular flexibility index (Phi) is 6.49. The van der Waals surface area contributed by atoms with Gasteiger partial charge in [0.05, 0.1) is 6.26 Å². The van der Waals surface area contributed by atoms with Crippen LogP contribution < -0.4 is 14.4 Å². The van der Waals surface area contributed by atoms with E-state index in [9.17, 15) is 22.8 Å². The van der Waals surface area contributed by atoms with Gasteiger partial charge in [-0.3, -0.25) is 4.79 Å². The lowest BCUT2D eigenvalue weighted by atomic mass is 10.1. The second-order valence-corrected chi connectivity index (χ2v) is 7.67. The van der Waals surface area contributed by atoms with E-state index in [1.54, 1.807) is 23.1 Å². The molecule has 178 valence electrons. The number of esters is 1. The van der Waals surface area contributed by atoms with Gasteiger partial charge in [-0.1, -0.05) is 12.1 Å². The van der Waals surface area contributed by atoms with E-state index in [1.807, 2.05) is 13.0 Å². The van der Waals surface area contributed by atoms with Crippen molar-refractivity contribution in [3.05, 3.63) is 77.7 Å². The number of rotatable bonds is 5. The first-order valence-electron chi connectivity index (χ1n) is 10.5. The molecule has 1 fully saturated rings. The van der Waals surface area contributed by atoms with E-state index >= 15 is 0 Å². The van der Waals surface area contributed by atoms with Crippen molar-refractivity contribution in [2.45, 2.75) is 13.3 Å². The van der Waals surface area contributed by atoms with E-state index in [0.717, 1.165) is 23.4 Å². The third kappa shape index (κ3) is 5.51. The molecule has 1 saturated heterocycles. The number of hydrogen-bond donors (Lipinski definition) is 0. The second kappa shape index (κ2) is 9.50. The van der Waals surface area contributed by atoms with Gasteiger partial charge in [0.25, 0.3) is 5.91 Å². The van der Waals surface area contributed by atoms with E-state index in [2.05, 4.69) is 9.64 Å². The average molecular weight is 474 g/mol. The number of hydrogen-bond acceptors (Lipinski definition) is 6. The number of halogens is 3. The van der Waals surface area contributed by atoms with Crippen LogP contribution in [0.25, 0.3) is 0 Å². The zero-order valence-electron chi connectivity index (χ0n) is 18.2. The maximum absolute atomic E-state index is 12.8. The molecule has 34 heavy (non-hydrogen) atoms. The minimum Gasteiger partial charge on any atom is -0.457 e. The van der Waals surface area contributed by atoms with Gasteiger partial charge < -0.3 is 23.7 Å². The first kappa shape index (κ1) is 23.2. The van der Waals surface area contributed by atoms with E-state index < -0.39 is 18.1 Å². The Bertz CT molecular complexity index is 1170. The Labute approximate surface area is 193 Å². The molecule has 1 aliphatic heterocycles. The molecule has 10 heteroatoms. The molecule has 0 aliphatic carbocycles. The van der Waals surface area contributed by atoms with Gasteiger partial charge in [0.1, 0.15) is 11.5 Å². The molecule has 0 spiro atoms. The average Bonchev–Trinajstić information content (AvgIpc) is 3.34. The van der Waals surface area contributed by atoms with Crippen molar-refractivity contribution in [2.24, 2.45) is 0 Å². The van der Waals surface area contributed by atoms with Gasteiger partial charge in [-0.2, -0.15) is 0 Å². The van der Waals surface area contributed by atoms with E-state index in [0.29, 0.717) is 31.9 Å². The molecule has 7 nitrogen and oxygen atoms in total. The molecule has 1 amide bonds. The molecule has 3 aromatic rings. The van der Waals surface area contributed by atoms with Crippen molar-refractivity contribution in [2.75, 3.05) is 31.1 Å². The smallest absolute Gasteiger partial charge is 0.457 e. The lowest BCUT2D eigenvalue weighted by Gasteiger charge is -2.37. The number of amides is 1. The highest BCUT2D eigenvalue weighted by molar-refractivity contribution is 5.94. The molecule has 4 rings (SSSR count). The lowest BCUT2D eigenvalue weighted by Crippen LogP contribution is -2.49. The number of furan rings is 1. The summed E-state index contributed by atoms with van der Waals surface area (Å²) < 4.78 is 51.8. The summed E-state index contributed by atoms with van der Waals surface area (Å²) in [4.78, 5) is 28.6. The predicted octanol–water partition coefficient (Wildman–Crippen LogP) is 4.67. The van der Waals surface area contributed by atoms with E-state index in [-0.39, 0.29) is 17.2 Å². The number of carbonyl (C=O) groups excluding carboxylic acids is 2. The molecule has 2 heterocycles. The summed E-state index contributed by atoms with van der Waals surface area (Å²) in [5.74, 6) is -0.952. The van der Waals surface area contributed by atoms with Crippen molar-refractivity contribution in [1.29, 1.82) is 0 Å². The fourth-order valence-corrected chi connectivity index (χ4v) is 3.70. The van der Waals surface area contributed by atoms with Crippen LogP contribution in [0.2, 0.25) is 0 Å². The molecule has 0 unspecified atom stereocenters. The quantitative estimate of drug-likeness (QED) is 0.396. The van der Waals surface area contributed by atoms with Crippen LogP contribution in [0.3, 0.4) is 0 Å². The van der Waals surface area contributed by atoms with Crippen LogP contribution >= 0.6 is 0 Å². The van der Waals surface area contributed by atoms with Gasteiger partial charge in [-0.25, -0.2) is 4.79 Å².